The van der Waals surface area contributed by atoms with E-state index in [0.29, 0.717) is 5.13 Å². The van der Waals surface area contributed by atoms with Gasteiger partial charge in [-0.15, -0.1) is 11.3 Å². The van der Waals surface area contributed by atoms with E-state index in [1.807, 2.05) is 0 Å². The number of nitrogens with one attached hydrogen (secondary N) is 1. The summed E-state index contributed by atoms with van der Waals surface area (Å²) < 4.78 is 0. The number of carbonyl (C=O) groups excluding carboxylic acids is 1. The van der Waals surface area contributed by atoms with E-state index in [2.05, 4.69) is 10.3 Å². The highest BCUT2D eigenvalue weighted by Gasteiger charge is 2.54. The number of amides is 1. The number of rotatable bonds is 3. The Morgan fingerprint density at radius 2 is 2.06 bits per heavy atom. The number of aromatic nitrogens is 1. The van der Waals surface area contributed by atoms with Crippen molar-refractivity contribution < 1.29 is 14.7 Å². The standard InChI is InChI=1S/C12H14N2O3S/c15-10(14-12-13-3-4-18-12)8-6-1-2-7(5-6)9(8)11(16)17/h3-4,6-9H,1-2,5H2,(H,16,17)(H,13,14,15)/t6-,7+,8+,9+/m1/s1. The molecule has 1 amide bonds. The van der Waals surface area contributed by atoms with E-state index in [1.165, 1.54) is 11.3 Å². The van der Waals surface area contributed by atoms with E-state index < -0.39 is 11.9 Å². The Labute approximate surface area is 108 Å². The van der Waals surface area contributed by atoms with Gasteiger partial charge in [0.1, 0.15) is 0 Å². The Balaban J connectivity index is 1.78. The second kappa shape index (κ2) is 4.35. The van der Waals surface area contributed by atoms with Crippen molar-refractivity contribution in [3.8, 4) is 0 Å². The normalized spacial score (nSPS) is 33.6. The summed E-state index contributed by atoms with van der Waals surface area (Å²) in [5.41, 5.74) is 0. The van der Waals surface area contributed by atoms with Crippen molar-refractivity contribution in [1.29, 1.82) is 0 Å². The lowest BCUT2D eigenvalue weighted by Crippen LogP contribution is -2.37. The van der Waals surface area contributed by atoms with Gasteiger partial charge in [0.05, 0.1) is 11.8 Å². The number of thiazole rings is 1. The number of carbonyl (C=O) groups is 2. The fourth-order valence-corrected chi connectivity index (χ4v) is 4.03. The molecule has 0 radical (unpaired) electrons. The summed E-state index contributed by atoms with van der Waals surface area (Å²) in [5.74, 6) is -1.49. The van der Waals surface area contributed by atoms with Crippen LogP contribution in [0.2, 0.25) is 0 Å². The topological polar surface area (TPSA) is 79.3 Å². The number of anilines is 1. The van der Waals surface area contributed by atoms with Gasteiger partial charge in [0.25, 0.3) is 0 Å². The fraction of sp³-hybridized carbons (Fsp3) is 0.583. The zero-order chi connectivity index (χ0) is 12.7. The fourth-order valence-electron chi connectivity index (χ4n) is 3.50. The van der Waals surface area contributed by atoms with Gasteiger partial charge in [0.2, 0.25) is 5.91 Å². The third-order valence-corrected chi connectivity index (χ3v) is 4.86. The first-order valence-corrected chi connectivity index (χ1v) is 6.98. The van der Waals surface area contributed by atoms with Crippen LogP contribution in [-0.2, 0) is 9.59 Å². The number of nitrogens with zero attached hydrogens (tertiary/aromatic N) is 1. The van der Waals surface area contributed by atoms with Crippen molar-refractivity contribution in [3.63, 3.8) is 0 Å². The van der Waals surface area contributed by atoms with Crippen LogP contribution in [0, 0.1) is 23.7 Å². The van der Waals surface area contributed by atoms with Crippen molar-refractivity contribution in [2.75, 3.05) is 5.32 Å². The SMILES string of the molecule is O=C(O)[C@H]1[C@H]2CC[C@H](C2)[C@@H]1C(=O)Nc1nccs1. The smallest absolute Gasteiger partial charge is 0.307 e. The van der Waals surface area contributed by atoms with Crippen molar-refractivity contribution in [1.82, 2.24) is 4.98 Å². The molecular formula is C12H14N2O3S. The molecule has 18 heavy (non-hydrogen) atoms. The van der Waals surface area contributed by atoms with E-state index in [1.54, 1.807) is 11.6 Å². The molecule has 2 saturated carbocycles. The summed E-state index contributed by atoms with van der Waals surface area (Å²) in [5, 5.41) is 14.4. The molecule has 1 heterocycles. The lowest BCUT2D eigenvalue weighted by atomic mass is 9.79. The minimum Gasteiger partial charge on any atom is -0.481 e. The number of carboxylic acids is 1. The maximum Gasteiger partial charge on any atom is 0.307 e. The Morgan fingerprint density at radius 3 is 2.67 bits per heavy atom. The largest absolute Gasteiger partial charge is 0.481 e. The minimum atomic E-state index is -0.832. The molecule has 96 valence electrons. The highest BCUT2D eigenvalue weighted by molar-refractivity contribution is 7.13. The van der Waals surface area contributed by atoms with Gasteiger partial charge in [-0.05, 0) is 31.1 Å². The number of hydrogen-bond donors (Lipinski definition) is 2. The second-order valence-corrected chi connectivity index (χ2v) is 5.94. The average molecular weight is 266 g/mol. The molecule has 2 N–H and O–H groups in total. The molecule has 0 spiro atoms. The number of carboxylic acid groups (broad SMARTS) is 1. The van der Waals surface area contributed by atoms with Crippen LogP contribution in [-0.4, -0.2) is 22.0 Å². The molecule has 0 unspecified atom stereocenters. The first-order chi connectivity index (χ1) is 8.66. The Bertz CT molecular complexity index is 474. The van der Waals surface area contributed by atoms with Crippen LogP contribution in [0.25, 0.3) is 0 Å². The van der Waals surface area contributed by atoms with Crippen LogP contribution < -0.4 is 5.32 Å². The summed E-state index contributed by atoms with van der Waals surface area (Å²) in [6, 6.07) is 0. The highest BCUT2D eigenvalue weighted by Crippen LogP contribution is 2.52. The summed E-state index contributed by atoms with van der Waals surface area (Å²) in [6.07, 6.45) is 4.43. The van der Waals surface area contributed by atoms with Gasteiger partial charge in [-0.25, -0.2) is 4.98 Å². The first kappa shape index (κ1) is 11.6. The predicted octanol–water partition coefficient (Wildman–Crippen LogP) is 1.83. The van der Waals surface area contributed by atoms with E-state index in [0.717, 1.165) is 19.3 Å². The summed E-state index contributed by atoms with van der Waals surface area (Å²) in [4.78, 5) is 27.5. The Morgan fingerprint density at radius 1 is 1.33 bits per heavy atom. The summed E-state index contributed by atoms with van der Waals surface area (Å²) >= 11 is 1.35. The van der Waals surface area contributed by atoms with E-state index >= 15 is 0 Å². The molecule has 1 aromatic rings. The third kappa shape index (κ3) is 1.80. The molecule has 2 fully saturated rings. The molecule has 2 aliphatic carbocycles. The summed E-state index contributed by atoms with van der Waals surface area (Å²) in [6.45, 7) is 0. The second-order valence-electron chi connectivity index (χ2n) is 5.05. The lowest BCUT2D eigenvalue weighted by Gasteiger charge is -2.26. The van der Waals surface area contributed by atoms with Crippen LogP contribution in [0.4, 0.5) is 5.13 Å². The molecule has 0 aromatic carbocycles. The highest BCUT2D eigenvalue weighted by atomic mass is 32.1. The molecular weight excluding hydrogens is 252 g/mol. The van der Waals surface area contributed by atoms with Crippen molar-refractivity contribution >= 4 is 28.3 Å². The molecule has 2 aliphatic rings. The van der Waals surface area contributed by atoms with Gasteiger partial charge in [-0.3, -0.25) is 9.59 Å². The van der Waals surface area contributed by atoms with Crippen LogP contribution in [0.5, 0.6) is 0 Å². The Hall–Kier alpha value is -1.43. The van der Waals surface area contributed by atoms with E-state index in [4.69, 9.17) is 0 Å². The van der Waals surface area contributed by atoms with Gasteiger partial charge >= 0.3 is 5.97 Å². The maximum absolute atomic E-state index is 12.2. The van der Waals surface area contributed by atoms with E-state index in [9.17, 15) is 14.7 Å². The molecule has 0 saturated heterocycles. The Kier molecular flexibility index (Phi) is 2.81. The van der Waals surface area contributed by atoms with Crippen molar-refractivity contribution in [2.45, 2.75) is 19.3 Å². The first-order valence-electron chi connectivity index (χ1n) is 6.10. The molecule has 0 aliphatic heterocycles. The van der Waals surface area contributed by atoms with Gasteiger partial charge < -0.3 is 10.4 Å². The molecule has 6 heteroatoms. The van der Waals surface area contributed by atoms with Crippen LogP contribution in [0.3, 0.4) is 0 Å². The van der Waals surface area contributed by atoms with Crippen LogP contribution in [0.1, 0.15) is 19.3 Å². The van der Waals surface area contributed by atoms with Crippen molar-refractivity contribution in [3.05, 3.63) is 11.6 Å². The zero-order valence-corrected chi connectivity index (χ0v) is 10.5. The number of fused-ring (bicyclic) bond motifs is 2. The average Bonchev–Trinajstić information content (AvgIpc) is 3.03. The minimum absolute atomic E-state index is 0.176. The lowest BCUT2D eigenvalue weighted by molar-refractivity contribution is -0.148. The number of aliphatic carboxylic acids is 1. The number of hydrogen-bond acceptors (Lipinski definition) is 4. The van der Waals surface area contributed by atoms with Gasteiger partial charge in [0, 0.05) is 11.6 Å². The van der Waals surface area contributed by atoms with Crippen molar-refractivity contribution in [2.24, 2.45) is 23.7 Å². The molecule has 2 bridgehead atoms. The van der Waals surface area contributed by atoms with Gasteiger partial charge in [0.15, 0.2) is 5.13 Å². The zero-order valence-electron chi connectivity index (χ0n) is 9.70. The predicted molar refractivity (Wildman–Crippen MR) is 66.2 cm³/mol. The summed E-state index contributed by atoms with van der Waals surface area (Å²) in [7, 11) is 0. The maximum atomic E-state index is 12.2. The molecule has 4 atom stereocenters. The molecule has 5 nitrogen and oxygen atoms in total. The molecule has 3 rings (SSSR count). The van der Waals surface area contributed by atoms with E-state index in [-0.39, 0.29) is 23.7 Å². The van der Waals surface area contributed by atoms with Gasteiger partial charge in [-0.2, -0.15) is 0 Å². The van der Waals surface area contributed by atoms with Gasteiger partial charge in [-0.1, -0.05) is 0 Å². The molecule has 1 aromatic heterocycles. The van der Waals surface area contributed by atoms with Crippen LogP contribution in [0.15, 0.2) is 11.6 Å². The third-order valence-electron chi connectivity index (χ3n) is 4.17. The monoisotopic (exact) mass is 266 g/mol. The van der Waals surface area contributed by atoms with Crippen LogP contribution >= 0.6 is 11.3 Å². The quantitative estimate of drug-likeness (QED) is 0.874.